The average molecular weight is 232 g/mol. The Morgan fingerprint density at radius 1 is 1.47 bits per heavy atom. The molecular weight excluding hydrogens is 217 g/mol. The maximum Gasteiger partial charge on any atom is 0.128 e. The summed E-state index contributed by atoms with van der Waals surface area (Å²) in [6.07, 6.45) is 0. The summed E-state index contributed by atoms with van der Waals surface area (Å²) < 4.78 is 18.8. The first kappa shape index (κ1) is 12.4. The first-order chi connectivity index (χ1) is 6.77. The van der Waals surface area contributed by atoms with E-state index in [9.17, 15) is 4.39 Å². The van der Waals surface area contributed by atoms with Gasteiger partial charge >= 0.3 is 0 Å². The standard InChI is InChI=1S/C11H14FNO.ClH/c1-8-2-3-10(12)9(6-8)11-7-14-5-4-13-11;/h2-3,6,11,13H,4-5,7H2,1H3;1H/t11-;/m1./s1. The molecule has 1 N–H and O–H groups in total. The normalized spacial score (nSPS) is 20.8. The van der Waals surface area contributed by atoms with Gasteiger partial charge in [0.05, 0.1) is 19.3 Å². The van der Waals surface area contributed by atoms with Crippen LogP contribution >= 0.6 is 12.4 Å². The summed E-state index contributed by atoms with van der Waals surface area (Å²) in [6.45, 7) is 4.02. The number of benzene rings is 1. The molecule has 1 saturated heterocycles. The van der Waals surface area contributed by atoms with Crippen molar-refractivity contribution in [3.8, 4) is 0 Å². The van der Waals surface area contributed by atoms with Gasteiger partial charge in [0, 0.05) is 12.1 Å². The van der Waals surface area contributed by atoms with Gasteiger partial charge < -0.3 is 10.1 Å². The van der Waals surface area contributed by atoms with E-state index in [0.717, 1.165) is 12.1 Å². The molecule has 1 fully saturated rings. The fourth-order valence-corrected chi connectivity index (χ4v) is 1.70. The first-order valence-corrected chi connectivity index (χ1v) is 4.84. The first-order valence-electron chi connectivity index (χ1n) is 4.84. The maximum atomic E-state index is 13.5. The molecule has 1 heterocycles. The van der Waals surface area contributed by atoms with Crippen molar-refractivity contribution in [2.24, 2.45) is 0 Å². The van der Waals surface area contributed by atoms with Crippen LogP contribution < -0.4 is 5.32 Å². The van der Waals surface area contributed by atoms with Gasteiger partial charge in [0.2, 0.25) is 0 Å². The lowest BCUT2D eigenvalue weighted by Gasteiger charge is -2.24. The molecule has 0 aliphatic carbocycles. The highest BCUT2D eigenvalue weighted by atomic mass is 35.5. The van der Waals surface area contributed by atoms with Crippen molar-refractivity contribution >= 4 is 12.4 Å². The second-order valence-corrected chi connectivity index (χ2v) is 3.61. The molecule has 2 rings (SSSR count). The van der Waals surface area contributed by atoms with E-state index in [-0.39, 0.29) is 24.3 Å². The highest BCUT2D eigenvalue weighted by Crippen LogP contribution is 2.20. The number of hydrogen-bond acceptors (Lipinski definition) is 2. The molecule has 0 spiro atoms. The molecule has 0 aromatic heterocycles. The van der Waals surface area contributed by atoms with E-state index in [1.165, 1.54) is 6.07 Å². The zero-order chi connectivity index (χ0) is 9.97. The average Bonchev–Trinajstić information content (AvgIpc) is 2.23. The van der Waals surface area contributed by atoms with Crippen LogP contribution in [0.2, 0.25) is 0 Å². The van der Waals surface area contributed by atoms with Gasteiger partial charge in [-0.05, 0) is 13.0 Å². The summed E-state index contributed by atoms with van der Waals surface area (Å²) in [5, 5.41) is 3.24. The summed E-state index contributed by atoms with van der Waals surface area (Å²) in [5.41, 5.74) is 1.79. The van der Waals surface area contributed by atoms with E-state index >= 15 is 0 Å². The van der Waals surface area contributed by atoms with Gasteiger partial charge in [-0.2, -0.15) is 0 Å². The van der Waals surface area contributed by atoms with E-state index in [0.29, 0.717) is 18.8 Å². The van der Waals surface area contributed by atoms with Gasteiger partial charge in [-0.25, -0.2) is 4.39 Å². The zero-order valence-corrected chi connectivity index (χ0v) is 9.44. The van der Waals surface area contributed by atoms with Crippen LogP contribution in [0.4, 0.5) is 4.39 Å². The molecular formula is C11H15ClFNO. The number of halogens is 2. The molecule has 1 aromatic carbocycles. The Morgan fingerprint density at radius 2 is 2.27 bits per heavy atom. The number of aryl methyl sites for hydroxylation is 1. The van der Waals surface area contributed by atoms with Crippen molar-refractivity contribution in [1.82, 2.24) is 5.32 Å². The third-order valence-electron chi connectivity index (χ3n) is 2.45. The SMILES string of the molecule is Cc1ccc(F)c([C@H]2COCCN2)c1.Cl. The molecule has 84 valence electrons. The number of rotatable bonds is 1. The molecule has 0 unspecified atom stereocenters. The molecule has 1 aliphatic heterocycles. The Kier molecular flexibility index (Phi) is 4.51. The smallest absolute Gasteiger partial charge is 0.128 e. The summed E-state index contributed by atoms with van der Waals surface area (Å²) in [4.78, 5) is 0. The molecule has 1 aromatic rings. The van der Waals surface area contributed by atoms with E-state index in [1.807, 2.05) is 13.0 Å². The van der Waals surface area contributed by atoms with Crippen LogP contribution in [0.25, 0.3) is 0 Å². The molecule has 0 amide bonds. The Bertz CT molecular complexity index is 326. The zero-order valence-electron chi connectivity index (χ0n) is 8.63. The van der Waals surface area contributed by atoms with Crippen LogP contribution in [-0.4, -0.2) is 19.8 Å². The highest BCUT2D eigenvalue weighted by molar-refractivity contribution is 5.85. The van der Waals surface area contributed by atoms with Crippen LogP contribution in [0.15, 0.2) is 18.2 Å². The minimum atomic E-state index is -0.154. The van der Waals surface area contributed by atoms with E-state index in [2.05, 4.69) is 5.32 Å². The van der Waals surface area contributed by atoms with Crippen molar-refractivity contribution in [1.29, 1.82) is 0 Å². The van der Waals surface area contributed by atoms with Gasteiger partial charge in [0.25, 0.3) is 0 Å². The van der Waals surface area contributed by atoms with E-state index in [4.69, 9.17) is 4.74 Å². The summed E-state index contributed by atoms with van der Waals surface area (Å²) in [6, 6.07) is 5.18. The molecule has 0 saturated carbocycles. The van der Waals surface area contributed by atoms with E-state index < -0.39 is 0 Å². The topological polar surface area (TPSA) is 21.3 Å². The lowest BCUT2D eigenvalue weighted by Crippen LogP contribution is -2.35. The summed E-state index contributed by atoms with van der Waals surface area (Å²) in [5.74, 6) is -0.154. The molecule has 2 nitrogen and oxygen atoms in total. The molecule has 15 heavy (non-hydrogen) atoms. The van der Waals surface area contributed by atoms with Gasteiger partial charge in [-0.3, -0.25) is 0 Å². The molecule has 4 heteroatoms. The van der Waals surface area contributed by atoms with Gasteiger partial charge in [0.15, 0.2) is 0 Å². The summed E-state index contributed by atoms with van der Waals surface area (Å²) >= 11 is 0. The quantitative estimate of drug-likeness (QED) is 0.800. The number of nitrogens with one attached hydrogen (secondary N) is 1. The highest BCUT2D eigenvalue weighted by Gasteiger charge is 2.18. The van der Waals surface area contributed by atoms with Crippen LogP contribution in [0.5, 0.6) is 0 Å². The van der Waals surface area contributed by atoms with Gasteiger partial charge in [-0.15, -0.1) is 12.4 Å². The second-order valence-electron chi connectivity index (χ2n) is 3.61. The van der Waals surface area contributed by atoms with Gasteiger partial charge in [0.1, 0.15) is 5.82 Å². The third kappa shape index (κ3) is 2.91. The Balaban J connectivity index is 0.00000112. The lowest BCUT2D eigenvalue weighted by molar-refractivity contribution is 0.0757. The molecule has 1 aliphatic rings. The molecule has 0 bridgehead atoms. The van der Waals surface area contributed by atoms with Crippen LogP contribution in [0.3, 0.4) is 0 Å². The lowest BCUT2D eigenvalue weighted by atomic mass is 10.0. The minimum absolute atomic E-state index is 0. The molecule has 1 atom stereocenters. The van der Waals surface area contributed by atoms with Crippen LogP contribution in [0, 0.1) is 12.7 Å². The molecule has 0 radical (unpaired) electrons. The van der Waals surface area contributed by atoms with Crippen molar-refractivity contribution in [3.05, 3.63) is 35.1 Å². The number of hydrogen-bond donors (Lipinski definition) is 1. The maximum absolute atomic E-state index is 13.5. The Labute approximate surface area is 95.2 Å². The fraction of sp³-hybridized carbons (Fsp3) is 0.455. The predicted octanol–water partition coefficient (Wildman–Crippen LogP) is 2.22. The fourth-order valence-electron chi connectivity index (χ4n) is 1.70. The second kappa shape index (κ2) is 5.45. The van der Waals surface area contributed by atoms with E-state index in [1.54, 1.807) is 6.07 Å². The number of morpholine rings is 1. The van der Waals surface area contributed by atoms with Crippen LogP contribution in [0.1, 0.15) is 17.2 Å². The Morgan fingerprint density at radius 3 is 2.93 bits per heavy atom. The summed E-state index contributed by atoms with van der Waals surface area (Å²) in [7, 11) is 0. The van der Waals surface area contributed by atoms with Crippen molar-refractivity contribution in [3.63, 3.8) is 0 Å². The minimum Gasteiger partial charge on any atom is -0.378 e. The van der Waals surface area contributed by atoms with Crippen molar-refractivity contribution < 1.29 is 9.13 Å². The monoisotopic (exact) mass is 231 g/mol. The van der Waals surface area contributed by atoms with Gasteiger partial charge in [-0.1, -0.05) is 17.7 Å². The van der Waals surface area contributed by atoms with Crippen molar-refractivity contribution in [2.75, 3.05) is 19.8 Å². The van der Waals surface area contributed by atoms with Crippen molar-refractivity contribution in [2.45, 2.75) is 13.0 Å². The third-order valence-corrected chi connectivity index (χ3v) is 2.45. The Hall–Kier alpha value is -0.640. The predicted molar refractivity (Wildman–Crippen MR) is 59.9 cm³/mol. The largest absolute Gasteiger partial charge is 0.378 e. The number of ether oxygens (including phenoxy) is 1. The van der Waals surface area contributed by atoms with Crippen LogP contribution in [-0.2, 0) is 4.74 Å².